The molecule has 0 saturated heterocycles. The molecule has 0 spiro atoms. The number of rotatable bonds is 2. The van der Waals surface area contributed by atoms with Crippen molar-refractivity contribution in [2.45, 2.75) is 6.42 Å². The summed E-state index contributed by atoms with van der Waals surface area (Å²) in [6, 6.07) is 8.65. The maximum atomic E-state index is 12.7. The maximum absolute atomic E-state index is 12.7. The van der Waals surface area contributed by atoms with Gasteiger partial charge in [0.2, 0.25) is 0 Å². The third-order valence-electron chi connectivity index (χ3n) is 3.31. The fourth-order valence-electron chi connectivity index (χ4n) is 2.37. The summed E-state index contributed by atoms with van der Waals surface area (Å²) < 4.78 is 6.44. The van der Waals surface area contributed by atoms with Gasteiger partial charge in [-0.15, -0.1) is 0 Å². The topological polar surface area (TPSA) is 78.3 Å². The number of nitrogens with two attached hydrogens (primary N) is 2. The zero-order valence-electron chi connectivity index (χ0n) is 10.7. The lowest BCUT2D eigenvalue weighted by molar-refractivity contribution is 0.103. The monoisotopic (exact) mass is 332 g/mol. The lowest BCUT2D eigenvalue weighted by Gasteiger charge is -2.10. The van der Waals surface area contributed by atoms with Gasteiger partial charge in [0.1, 0.15) is 5.75 Å². The zero-order valence-corrected chi connectivity index (χ0v) is 12.2. The standard InChI is InChI=1S/C15H13BrN2O2/c16-9-5-8-3-4-20-15(8)12(6-9)14(19)11-2-1-10(17)7-13(11)18/h1-2,5-7H,3-4,17-18H2. The van der Waals surface area contributed by atoms with Crippen LogP contribution in [0.2, 0.25) is 0 Å². The Balaban J connectivity index is 2.11. The van der Waals surface area contributed by atoms with E-state index in [1.165, 1.54) is 0 Å². The molecule has 0 bridgehead atoms. The number of halogens is 1. The Labute approximate surface area is 124 Å². The van der Waals surface area contributed by atoms with Crippen LogP contribution in [-0.2, 0) is 6.42 Å². The van der Waals surface area contributed by atoms with Gasteiger partial charge >= 0.3 is 0 Å². The molecular formula is C15H13BrN2O2. The van der Waals surface area contributed by atoms with E-state index in [9.17, 15) is 4.79 Å². The van der Waals surface area contributed by atoms with Crippen LogP contribution in [0.5, 0.6) is 5.75 Å². The van der Waals surface area contributed by atoms with E-state index in [-0.39, 0.29) is 5.78 Å². The van der Waals surface area contributed by atoms with E-state index in [0.29, 0.717) is 34.9 Å². The van der Waals surface area contributed by atoms with E-state index < -0.39 is 0 Å². The summed E-state index contributed by atoms with van der Waals surface area (Å²) in [5.41, 5.74) is 14.5. The molecule has 0 radical (unpaired) electrons. The number of ether oxygens (including phenoxy) is 1. The van der Waals surface area contributed by atoms with Gasteiger partial charge < -0.3 is 16.2 Å². The minimum Gasteiger partial charge on any atom is -0.492 e. The first-order valence-corrected chi connectivity index (χ1v) is 7.00. The highest BCUT2D eigenvalue weighted by Gasteiger charge is 2.23. The number of hydrogen-bond donors (Lipinski definition) is 2. The molecule has 5 heteroatoms. The summed E-state index contributed by atoms with van der Waals surface area (Å²) in [4.78, 5) is 12.7. The number of ketones is 1. The first-order valence-electron chi connectivity index (χ1n) is 6.21. The molecule has 0 fully saturated rings. The lowest BCUT2D eigenvalue weighted by Crippen LogP contribution is -2.07. The molecule has 2 aromatic carbocycles. The number of nitrogen functional groups attached to an aromatic ring is 2. The van der Waals surface area contributed by atoms with Crippen LogP contribution in [0.25, 0.3) is 0 Å². The van der Waals surface area contributed by atoms with Gasteiger partial charge in [-0.3, -0.25) is 4.79 Å². The van der Waals surface area contributed by atoms with Crippen molar-refractivity contribution in [2.75, 3.05) is 18.1 Å². The van der Waals surface area contributed by atoms with Crippen molar-refractivity contribution in [3.63, 3.8) is 0 Å². The Hall–Kier alpha value is -2.01. The quantitative estimate of drug-likeness (QED) is 0.654. The van der Waals surface area contributed by atoms with Crippen LogP contribution in [0.15, 0.2) is 34.8 Å². The van der Waals surface area contributed by atoms with E-state index in [0.717, 1.165) is 16.5 Å². The average molecular weight is 333 g/mol. The predicted molar refractivity (Wildman–Crippen MR) is 82.0 cm³/mol. The van der Waals surface area contributed by atoms with E-state index in [4.69, 9.17) is 16.2 Å². The molecular weight excluding hydrogens is 320 g/mol. The van der Waals surface area contributed by atoms with Gasteiger partial charge in [0.15, 0.2) is 5.78 Å². The van der Waals surface area contributed by atoms with E-state index in [1.54, 1.807) is 24.3 Å². The van der Waals surface area contributed by atoms with Crippen molar-refractivity contribution in [3.05, 3.63) is 51.5 Å². The third-order valence-corrected chi connectivity index (χ3v) is 3.77. The van der Waals surface area contributed by atoms with Gasteiger partial charge in [0.05, 0.1) is 12.2 Å². The van der Waals surface area contributed by atoms with Crippen molar-refractivity contribution < 1.29 is 9.53 Å². The maximum Gasteiger partial charge on any atom is 0.198 e. The van der Waals surface area contributed by atoms with Crippen LogP contribution in [0.4, 0.5) is 11.4 Å². The molecule has 20 heavy (non-hydrogen) atoms. The normalized spacial score (nSPS) is 12.8. The lowest BCUT2D eigenvalue weighted by atomic mass is 9.98. The highest BCUT2D eigenvalue weighted by atomic mass is 79.9. The molecule has 0 aromatic heterocycles. The summed E-state index contributed by atoms with van der Waals surface area (Å²) in [6.07, 6.45) is 0.812. The molecule has 4 nitrogen and oxygen atoms in total. The van der Waals surface area contributed by atoms with E-state index in [2.05, 4.69) is 15.9 Å². The molecule has 0 atom stereocenters. The number of hydrogen-bond acceptors (Lipinski definition) is 4. The Bertz CT molecular complexity index is 713. The Morgan fingerprint density at radius 1 is 1.15 bits per heavy atom. The van der Waals surface area contributed by atoms with Crippen LogP contribution < -0.4 is 16.2 Å². The van der Waals surface area contributed by atoms with Crippen molar-refractivity contribution in [3.8, 4) is 5.75 Å². The van der Waals surface area contributed by atoms with Crippen LogP contribution in [0.3, 0.4) is 0 Å². The molecule has 1 aliphatic rings. The number of benzene rings is 2. The Morgan fingerprint density at radius 3 is 2.70 bits per heavy atom. The number of carbonyl (C=O) groups excluding carboxylic acids is 1. The van der Waals surface area contributed by atoms with Crippen LogP contribution >= 0.6 is 15.9 Å². The molecule has 0 unspecified atom stereocenters. The smallest absolute Gasteiger partial charge is 0.198 e. The second kappa shape index (κ2) is 4.83. The highest BCUT2D eigenvalue weighted by Crippen LogP contribution is 2.35. The molecule has 0 saturated carbocycles. The summed E-state index contributed by atoms with van der Waals surface area (Å²) in [5, 5.41) is 0. The van der Waals surface area contributed by atoms with E-state index in [1.807, 2.05) is 6.07 Å². The largest absolute Gasteiger partial charge is 0.492 e. The SMILES string of the molecule is Nc1ccc(C(=O)c2cc(Br)cc3c2OCC3)c(N)c1. The summed E-state index contributed by atoms with van der Waals surface area (Å²) in [7, 11) is 0. The van der Waals surface area contributed by atoms with Gasteiger partial charge in [-0.05, 0) is 35.9 Å². The van der Waals surface area contributed by atoms with Crippen LogP contribution in [0.1, 0.15) is 21.5 Å². The molecule has 102 valence electrons. The second-order valence-electron chi connectivity index (χ2n) is 4.72. The number of carbonyl (C=O) groups is 1. The van der Waals surface area contributed by atoms with Crippen LogP contribution in [-0.4, -0.2) is 12.4 Å². The van der Waals surface area contributed by atoms with Gasteiger partial charge in [-0.2, -0.15) is 0 Å². The molecule has 2 aromatic rings. The fourth-order valence-corrected chi connectivity index (χ4v) is 2.88. The van der Waals surface area contributed by atoms with Crippen molar-refractivity contribution in [2.24, 2.45) is 0 Å². The average Bonchev–Trinajstić information content (AvgIpc) is 2.85. The van der Waals surface area contributed by atoms with Gasteiger partial charge in [0.25, 0.3) is 0 Å². The Morgan fingerprint density at radius 2 is 1.95 bits per heavy atom. The molecule has 0 amide bonds. The minimum absolute atomic E-state index is 0.151. The zero-order chi connectivity index (χ0) is 14.3. The number of fused-ring (bicyclic) bond motifs is 1. The number of anilines is 2. The molecule has 4 N–H and O–H groups in total. The van der Waals surface area contributed by atoms with Crippen LogP contribution in [0, 0.1) is 0 Å². The first-order chi connectivity index (χ1) is 9.56. The predicted octanol–water partition coefficient (Wildman–Crippen LogP) is 2.78. The van der Waals surface area contributed by atoms with E-state index >= 15 is 0 Å². The van der Waals surface area contributed by atoms with Gasteiger partial charge in [0, 0.05) is 27.8 Å². The Kier molecular flexibility index (Phi) is 3.14. The molecule has 1 heterocycles. The third kappa shape index (κ3) is 2.14. The molecule has 1 aliphatic heterocycles. The molecule has 0 aliphatic carbocycles. The summed E-state index contributed by atoms with van der Waals surface area (Å²) in [5.74, 6) is 0.511. The first kappa shape index (κ1) is 13.0. The van der Waals surface area contributed by atoms with Crippen molar-refractivity contribution >= 4 is 33.1 Å². The highest BCUT2D eigenvalue weighted by molar-refractivity contribution is 9.10. The van der Waals surface area contributed by atoms with Crippen molar-refractivity contribution in [1.29, 1.82) is 0 Å². The molecule has 3 rings (SSSR count). The summed E-state index contributed by atoms with van der Waals surface area (Å²) in [6.45, 7) is 0.600. The minimum atomic E-state index is -0.151. The summed E-state index contributed by atoms with van der Waals surface area (Å²) >= 11 is 3.43. The fraction of sp³-hybridized carbons (Fsp3) is 0.133. The van der Waals surface area contributed by atoms with Gasteiger partial charge in [-0.25, -0.2) is 0 Å². The van der Waals surface area contributed by atoms with Gasteiger partial charge in [-0.1, -0.05) is 15.9 Å². The second-order valence-corrected chi connectivity index (χ2v) is 5.63. The van der Waals surface area contributed by atoms with Crippen molar-refractivity contribution in [1.82, 2.24) is 0 Å².